The van der Waals surface area contributed by atoms with Gasteiger partial charge < -0.3 is 15.4 Å². The first-order valence-electron chi connectivity index (χ1n) is 7.78. The number of nitrogens with zero attached hydrogens (tertiary/aromatic N) is 1. The molecule has 1 rings (SSSR count). The van der Waals surface area contributed by atoms with Crippen molar-refractivity contribution >= 4 is 5.91 Å². The van der Waals surface area contributed by atoms with Crippen molar-refractivity contribution < 1.29 is 9.53 Å². The molecular formula is C15H31N3O2. The number of nitrogens with one attached hydrogen (secondary N) is 2. The van der Waals surface area contributed by atoms with E-state index in [1.54, 1.807) is 7.11 Å². The lowest BCUT2D eigenvalue weighted by atomic mass is 9.90. The number of carbonyl (C=O) groups excluding carboxylic acids is 1. The molecule has 0 spiro atoms. The van der Waals surface area contributed by atoms with Gasteiger partial charge in [-0.1, -0.05) is 6.92 Å². The Hall–Kier alpha value is -0.650. The zero-order valence-electron chi connectivity index (χ0n) is 13.4. The normalized spacial score (nSPS) is 24.6. The SMILES string of the molecule is CCNC1CCC(N(C)CC(=O)NC(C)COC)CC1. The smallest absolute Gasteiger partial charge is 0.234 e. The van der Waals surface area contributed by atoms with Crippen LogP contribution < -0.4 is 10.6 Å². The Morgan fingerprint density at radius 2 is 2.00 bits per heavy atom. The van der Waals surface area contributed by atoms with Crippen LogP contribution in [0.15, 0.2) is 0 Å². The van der Waals surface area contributed by atoms with Gasteiger partial charge in [0.25, 0.3) is 0 Å². The quantitative estimate of drug-likeness (QED) is 0.698. The zero-order valence-corrected chi connectivity index (χ0v) is 13.4. The van der Waals surface area contributed by atoms with Crippen LogP contribution in [0.25, 0.3) is 0 Å². The van der Waals surface area contributed by atoms with Crippen molar-refractivity contribution in [1.29, 1.82) is 0 Å². The summed E-state index contributed by atoms with van der Waals surface area (Å²) in [5, 5.41) is 6.48. The lowest BCUT2D eigenvalue weighted by Gasteiger charge is -2.34. The van der Waals surface area contributed by atoms with Gasteiger partial charge in [-0.2, -0.15) is 0 Å². The topological polar surface area (TPSA) is 53.6 Å². The summed E-state index contributed by atoms with van der Waals surface area (Å²) >= 11 is 0. The number of carbonyl (C=O) groups is 1. The Kier molecular flexibility index (Phi) is 8.11. The summed E-state index contributed by atoms with van der Waals surface area (Å²) in [4.78, 5) is 14.1. The summed E-state index contributed by atoms with van der Waals surface area (Å²) in [5.41, 5.74) is 0. The Balaban J connectivity index is 2.25. The number of hydrogen-bond donors (Lipinski definition) is 2. The number of ether oxygens (including phenoxy) is 1. The van der Waals surface area contributed by atoms with Crippen LogP contribution in [-0.4, -0.2) is 62.8 Å². The minimum absolute atomic E-state index is 0.0744. The molecule has 1 atom stereocenters. The third-order valence-corrected chi connectivity index (χ3v) is 4.03. The van der Waals surface area contributed by atoms with Crippen LogP contribution in [0, 0.1) is 0 Å². The summed E-state index contributed by atoms with van der Waals surface area (Å²) in [5.74, 6) is 0.0888. The van der Waals surface area contributed by atoms with Crippen LogP contribution in [0.1, 0.15) is 39.5 Å². The van der Waals surface area contributed by atoms with E-state index >= 15 is 0 Å². The number of hydrogen-bond acceptors (Lipinski definition) is 4. The maximum absolute atomic E-state index is 11.9. The highest BCUT2D eigenvalue weighted by Crippen LogP contribution is 2.22. The summed E-state index contributed by atoms with van der Waals surface area (Å²) in [6.07, 6.45) is 4.78. The highest BCUT2D eigenvalue weighted by Gasteiger charge is 2.24. The molecule has 0 aliphatic heterocycles. The molecule has 20 heavy (non-hydrogen) atoms. The van der Waals surface area contributed by atoms with Crippen molar-refractivity contribution in [2.24, 2.45) is 0 Å². The van der Waals surface area contributed by atoms with Crippen LogP contribution in [0.5, 0.6) is 0 Å². The summed E-state index contributed by atoms with van der Waals surface area (Å²) < 4.78 is 5.03. The first kappa shape index (κ1) is 17.4. The minimum Gasteiger partial charge on any atom is -0.383 e. The van der Waals surface area contributed by atoms with Crippen LogP contribution in [0.4, 0.5) is 0 Å². The molecule has 0 aromatic carbocycles. The fraction of sp³-hybridized carbons (Fsp3) is 0.933. The Morgan fingerprint density at radius 3 is 2.55 bits per heavy atom. The molecule has 118 valence electrons. The van der Waals surface area contributed by atoms with Gasteiger partial charge in [0.2, 0.25) is 5.91 Å². The standard InChI is InChI=1S/C15H31N3O2/c1-5-16-13-6-8-14(9-7-13)18(3)10-15(19)17-12(2)11-20-4/h12-14,16H,5-11H2,1-4H3,(H,17,19). The zero-order chi connectivity index (χ0) is 15.0. The van der Waals surface area contributed by atoms with E-state index in [1.165, 1.54) is 25.7 Å². The number of rotatable bonds is 8. The van der Waals surface area contributed by atoms with Gasteiger partial charge in [0.05, 0.1) is 13.2 Å². The van der Waals surface area contributed by atoms with Gasteiger partial charge in [-0.25, -0.2) is 0 Å². The van der Waals surface area contributed by atoms with E-state index < -0.39 is 0 Å². The molecule has 1 amide bonds. The van der Waals surface area contributed by atoms with Crippen molar-refractivity contribution in [3.8, 4) is 0 Å². The van der Waals surface area contributed by atoms with E-state index in [0.717, 1.165) is 6.54 Å². The predicted molar refractivity (Wildman–Crippen MR) is 81.8 cm³/mol. The Morgan fingerprint density at radius 1 is 1.35 bits per heavy atom. The molecule has 0 bridgehead atoms. The van der Waals surface area contributed by atoms with Gasteiger partial charge in [-0.05, 0) is 46.2 Å². The Bertz CT molecular complexity index is 278. The van der Waals surface area contributed by atoms with Gasteiger partial charge in [-0.15, -0.1) is 0 Å². The molecule has 5 nitrogen and oxygen atoms in total. The fourth-order valence-electron chi connectivity index (χ4n) is 2.98. The summed E-state index contributed by atoms with van der Waals surface area (Å²) in [6, 6.07) is 1.28. The minimum atomic E-state index is 0.0744. The Labute approximate surface area is 123 Å². The molecule has 0 saturated heterocycles. The molecule has 1 unspecified atom stereocenters. The summed E-state index contributed by atoms with van der Waals surface area (Å²) in [6.45, 7) is 6.20. The third-order valence-electron chi connectivity index (χ3n) is 4.03. The van der Waals surface area contributed by atoms with Crippen molar-refractivity contribution in [3.05, 3.63) is 0 Å². The van der Waals surface area contributed by atoms with Crippen LogP contribution in [0.2, 0.25) is 0 Å². The number of likely N-dealkylation sites (N-methyl/N-ethyl adjacent to an activating group) is 1. The summed E-state index contributed by atoms with van der Waals surface area (Å²) in [7, 11) is 3.70. The highest BCUT2D eigenvalue weighted by molar-refractivity contribution is 5.78. The molecule has 1 aliphatic rings. The third kappa shape index (κ3) is 6.20. The second-order valence-electron chi connectivity index (χ2n) is 5.90. The van der Waals surface area contributed by atoms with E-state index in [9.17, 15) is 4.79 Å². The molecule has 2 N–H and O–H groups in total. The van der Waals surface area contributed by atoms with Crippen molar-refractivity contribution in [2.75, 3.05) is 33.9 Å². The number of methoxy groups -OCH3 is 1. The molecule has 1 aliphatic carbocycles. The van der Waals surface area contributed by atoms with Crippen molar-refractivity contribution in [1.82, 2.24) is 15.5 Å². The molecule has 0 aromatic heterocycles. The van der Waals surface area contributed by atoms with Gasteiger partial charge in [0.1, 0.15) is 0 Å². The van der Waals surface area contributed by atoms with Crippen LogP contribution in [-0.2, 0) is 9.53 Å². The molecule has 1 saturated carbocycles. The number of amides is 1. The second-order valence-corrected chi connectivity index (χ2v) is 5.90. The van der Waals surface area contributed by atoms with Crippen LogP contribution >= 0.6 is 0 Å². The average molecular weight is 285 g/mol. The lowest BCUT2D eigenvalue weighted by Crippen LogP contribution is -2.46. The maximum Gasteiger partial charge on any atom is 0.234 e. The second kappa shape index (κ2) is 9.32. The predicted octanol–water partition coefficient (Wildman–Crippen LogP) is 0.990. The van der Waals surface area contributed by atoms with E-state index in [2.05, 4.69) is 29.5 Å². The molecule has 0 heterocycles. The largest absolute Gasteiger partial charge is 0.383 e. The van der Waals surface area contributed by atoms with Gasteiger partial charge >= 0.3 is 0 Å². The van der Waals surface area contributed by atoms with E-state index in [-0.39, 0.29) is 11.9 Å². The van der Waals surface area contributed by atoms with Crippen molar-refractivity contribution in [2.45, 2.75) is 57.7 Å². The maximum atomic E-state index is 11.9. The molecular weight excluding hydrogens is 254 g/mol. The fourth-order valence-corrected chi connectivity index (χ4v) is 2.98. The van der Waals surface area contributed by atoms with Gasteiger partial charge in [0, 0.05) is 25.2 Å². The van der Waals surface area contributed by atoms with Gasteiger partial charge in [-0.3, -0.25) is 9.69 Å². The monoisotopic (exact) mass is 285 g/mol. The molecule has 0 radical (unpaired) electrons. The first-order chi connectivity index (χ1) is 9.56. The first-order valence-corrected chi connectivity index (χ1v) is 7.78. The van der Waals surface area contributed by atoms with E-state index in [0.29, 0.717) is 25.2 Å². The van der Waals surface area contributed by atoms with Gasteiger partial charge in [0.15, 0.2) is 0 Å². The van der Waals surface area contributed by atoms with Crippen molar-refractivity contribution in [3.63, 3.8) is 0 Å². The lowest BCUT2D eigenvalue weighted by molar-refractivity contribution is -0.123. The molecule has 0 aromatic rings. The average Bonchev–Trinajstić information content (AvgIpc) is 2.39. The highest BCUT2D eigenvalue weighted by atomic mass is 16.5. The molecule has 1 fully saturated rings. The molecule has 5 heteroatoms. The van der Waals surface area contributed by atoms with Crippen LogP contribution in [0.3, 0.4) is 0 Å². The van der Waals surface area contributed by atoms with E-state index in [1.807, 2.05) is 6.92 Å². The van der Waals surface area contributed by atoms with E-state index in [4.69, 9.17) is 4.74 Å².